The van der Waals surface area contributed by atoms with Gasteiger partial charge in [0, 0.05) is 24.3 Å². The van der Waals surface area contributed by atoms with E-state index in [4.69, 9.17) is 0 Å². The number of amides is 3. The normalized spacial score (nSPS) is 19.1. The number of nitro groups is 2. The maximum Gasteiger partial charge on any atom is 0.325 e. The van der Waals surface area contributed by atoms with Crippen LogP contribution in [0, 0.1) is 20.2 Å². The zero-order chi connectivity index (χ0) is 19.8. The molecular formula is C17H14N4O6. The number of benzene rings is 2. The number of nitrogens with zero attached hydrogens (tertiary/aromatic N) is 3. The highest BCUT2D eigenvalue weighted by atomic mass is 16.6. The van der Waals surface area contributed by atoms with Gasteiger partial charge in [-0.15, -0.1) is 0 Å². The molecule has 3 amide bonds. The van der Waals surface area contributed by atoms with Crippen LogP contribution in [0.4, 0.5) is 16.2 Å². The van der Waals surface area contributed by atoms with Crippen molar-refractivity contribution < 1.29 is 19.4 Å². The Hall–Kier alpha value is -3.82. The van der Waals surface area contributed by atoms with Crippen molar-refractivity contribution in [2.45, 2.75) is 19.0 Å². The first-order chi connectivity index (χ1) is 12.7. The molecule has 1 fully saturated rings. The van der Waals surface area contributed by atoms with Crippen molar-refractivity contribution in [3.8, 4) is 0 Å². The zero-order valence-corrected chi connectivity index (χ0v) is 14.1. The average molecular weight is 370 g/mol. The Morgan fingerprint density at radius 1 is 1.00 bits per heavy atom. The number of rotatable bonds is 5. The Morgan fingerprint density at radius 3 is 2.22 bits per heavy atom. The summed E-state index contributed by atoms with van der Waals surface area (Å²) < 4.78 is 0. The van der Waals surface area contributed by atoms with Crippen LogP contribution in [0.25, 0.3) is 0 Å². The highest BCUT2D eigenvalue weighted by Gasteiger charge is 2.49. The smallest absolute Gasteiger partial charge is 0.319 e. The molecule has 27 heavy (non-hydrogen) atoms. The van der Waals surface area contributed by atoms with Gasteiger partial charge in [-0.25, -0.2) is 4.79 Å². The number of urea groups is 1. The van der Waals surface area contributed by atoms with Gasteiger partial charge in [0.1, 0.15) is 5.54 Å². The molecule has 10 heteroatoms. The molecule has 0 bridgehead atoms. The van der Waals surface area contributed by atoms with Crippen LogP contribution in [-0.2, 0) is 16.9 Å². The topological polar surface area (TPSA) is 136 Å². The lowest BCUT2D eigenvalue weighted by molar-refractivity contribution is -0.385. The molecule has 3 rings (SSSR count). The van der Waals surface area contributed by atoms with Crippen molar-refractivity contribution in [3.63, 3.8) is 0 Å². The predicted molar refractivity (Wildman–Crippen MR) is 92.6 cm³/mol. The van der Waals surface area contributed by atoms with Gasteiger partial charge in [-0.1, -0.05) is 24.3 Å². The molecule has 1 unspecified atom stereocenters. The van der Waals surface area contributed by atoms with Gasteiger partial charge in [0.2, 0.25) is 0 Å². The van der Waals surface area contributed by atoms with E-state index >= 15 is 0 Å². The minimum Gasteiger partial charge on any atom is -0.319 e. The summed E-state index contributed by atoms with van der Waals surface area (Å²) in [4.78, 5) is 46.7. The summed E-state index contributed by atoms with van der Waals surface area (Å²) in [6.07, 6.45) is 0. The van der Waals surface area contributed by atoms with Crippen molar-refractivity contribution in [3.05, 3.63) is 79.9 Å². The van der Waals surface area contributed by atoms with E-state index in [1.165, 1.54) is 55.5 Å². The van der Waals surface area contributed by atoms with Crippen LogP contribution in [0.15, 0.2) is 48.5 Å². The van der Waals surface area contributed by atoms with Crippen LogP contribution < -0.4 is 5.32 Å². The van der Waals surface area contributed by atoms with Gasteiger partial charge in [-0.05, 0) is 18.1 Å². The third-order valence-corrected chi connectivity index (χ3v) is 4.40. The van der Waals surface area contributed by atoms with E-state index in [1.807, 2.05) is 0 Å². The number of carbonyl (C=O) groups excluding carboxylic acids is 2. The molecule has 1 atom stereocenters. The third kappa shape index (κ3) is 3.19. The number of hydrogen-bond donors (Lipinski definition) is 1. The first-order valence-corrected chi connectivity index (χ1v) is 7.85. The summed E-state index contributed by atoms with van der Waals surface area (Å²) in [6, 6.07) is 10.4. The molecule has 1 heterocycles. The number of nitro benzene ring substituents is 2. The Kier molecular flexibility index (Phi) is 4.32. The maximum absolute atomic E-state index is 12.9. The second-order valence-electron chi connectivity index (χ2n) is 6.18. The second kappa shape index (κ2) is 6.48. The van der Waals surface area contributed by atoms with Crippen molar-refractivity contribution in [1.82, 2.24) is 10.2 Å². The monoisotopic (exact) mass is 370 g/mol. The highest BCUT2D eigenvalue weighted by molar-refractivity contribution is 6.07. The lowest BCUT2D eigenvalue weighted by Crippen LogP contribution is -2.40. The van der Waals surface area contributed by atoms with Crippen molar-refractivity contribution in [1.29, 1.82) is 0 Å². The predicted octanol–water partition coefficient (Wildman–Crippen LogP) is 2.47. The lowest BCUT2D eigenvalue weighted by atomic mass is 9.91. The highest BCUT2D eigenvalue weighted by Crippen LogP contribution is 2.31. The summed E-state index contributed by atoms with van der Waals surface area (Å²) >= 11 is 0. The summed E-state index contributed by atoms with van der Waals surface area (Å²) in [5.74, 6) is -0.564. The first-order valence-electron chi connectivity index (χ1n) is 7.85. The van der Waals surface area contributed by atoms with Gasteiger partial charge < -0.3 is 5.32 Å². The van der Waals surface area contributed by atoms with Gasteiger partial charge in [-0.3, -0.25) is 29.9 Å². The van der Waals surface area contributed by atoms with E-state index in [-0.39, 0.29) is 17.9 Å². The minimum atomic E-state index is -1.44. The Balaban J connectivity index is 1.87. The molecule has 1 N–H and O–H groups in total. The van der Waals surface area contributed by atoms with Gasteiger partial charge in [0.25, 0.3) is 17.3 Å². The summed E-state index contributed by atoms with van der Waals surface area (Å²) in [5, 5.41) is 24.3. The molecule has 1 aliphatic rings. The van der Waals surface area contributed by atoms with Crippen LogP contribution in [-0.4, -0.2) is 26.7 Å². The van der Waals surface area contributed by atoms with E-state index in [0.29, 0.717) is 11.1 Å². The Bertz CT molecular complexity index is 958. The molecule has 0 aliphatic carbocycles. The van der Waals surface area contributed by atoms with Crippen molar-refractivity contribution in [2.75, 3.05) is 0 Å². The molecule has 1 aliphatic heterocycles. The SMILES string of the molecule is CC1(c2cccc([N+](=O)[O-])c2)NC(=O)N(Cc2ccc([N+](=O)[O-])cc2)C1=O. The molecule has 0 aromatic heterocycles. The maximum atomic E-state index is 12.9. The van der Waals surface area contributed by atoms with Gasteiger partial charge in [0.05, 0.1) is 16.4 Å². The standard InChI is InChI=1S/C17H14N4O6/c1-17(12-3-2-4-14(9-12)21(26)27)15(22)19(16(23)18-17)10-11-5-7-13(8-6-11)20(24)25/h2-9H,10H2,1H3,(H,18,23). The van der Waals surface area contributed by atoms with Gasteiger partial charge >= 0.3 is 6.03 Å². The quantitative estimate of drug-likeness (QED) is 0.488. The molecule has 2 aromatic rings. The van der Waals surface area contributed by atoms with E-state index < -0.39 is 27.3 Å². The van der Waals surface area contributed by atoms with E-state index in [2.05, 4.69) is 5.32 Å². The van der Waals surface area contributed by atoms with Crippen molar-refractivity contribution in [2.24, 2.45) is 0 Å². The fourth-order valence-electron chi connectivity index (χ4n) is 2.87. The third-order valence-electron chi connectivity index (χ3n) is 4.40. The largest absolute Gasteiger partial charge is 0.325 e. The Morgan fingerprint density at radius 2 is 1.63 bits per heavy atom. The fourth-order valence-corrected chi connectivity index (χ4v) is 2.87. The summed E-state index contributed by atoms with van der Waals surface area (Å²) in [5.41, 5.74) is -0.903. The fraction of sp³-hybridized carbons (Fsp3) is 0.176. The molecular weight excluding hydrogens is 356 g/mol. The van der Waals surface area contributed by atoms with Gasteiger partial charge in [-0.2, -0.15) is 0 Å². The number of carbonyl (C=O) groups is 2. The van der Waals surface area contributed by atoms with Crippen LogP contribution in [0.1, 0.15) is 18.1 Å². The second-order valence-corrected chi connectivity index (χ2v) is 6.18. The van der Waals surface area contributed by atoms with Crippen LogP contribution in [0.5, 0.6) is 0 Å². The van der Waals surface area contributed by atoms with E-state index in [0.717, 1.165) is 4.90 Å². The number of hydrogen-bond acceptors (Lipinski definition) is 6. The molecule has 1 saturated heterocycles. The average Bonchev–Trinajstić information content (AvgIpc) is 2.86. The minimum absolute atomic E-state index is 0.0762. The zero-order valence-electron chi connectivity index (χ0n) is 14.1. The number of nitrogens with one attached hydrogen (secondary N) is 1. The van der Waals surface area contributed by atoms with Crippen LogP contribution >= 0.6 is 0 Å². The summed E-state index contributed by atoms with van der Waals surface area (Å²) in [6.45, 7) is 1.40. The lowest BCUT2D eigenvalue weighted by Gasteiger charge is -2.22. The first kappa shape index (κ1) is 18.0. The van der Waals surface area contributed by atoms with Crippen LogP contribution in [0.3, 0.4) is 0 Å². The molecule has 0 saturated carbocycles. The number of imide groups is 1. The molecule has 10 nitrogen and oxygen atoms in total. The van der Waals surface area contributed by atoms with E-state index in [1.54, 1.807) is 0 Å². The Labute approximate surface area is 152 Å². The molecule has 0 spiro atoms. The van der Waals surface area contributed by atoms with Crippen LogP contribution in [0.2, 0.25) is 0 Å². The molecule has 138 valence electrons. The van der Waals surface area contributed by atoms with E-state index in [9.17, 15) is 29.8 Å². The van der Waals surface area contributed by atoms with Crippen molar-refractivity contribution >= 4 is 23.3 Å². The van der Waals surface area contributed by atoms with Gasteiger partial charge in [0.15, 0.2) is 0 Å². The number of non-ortho nitro benzene ring substituents is 2. The molecule has 2 aromatic carbocycles. The summed E-state index contributed by atoms with van der Waals surface area (Å²) in [7, 11) is 0. The molecule has 0 radical (unpaired) electrons.